The van der Waals surface area contributed by atoms with Crippen molar-refractivity contribution in [1.29, 1.82) is 0 Å². The number of benzene rings is 4. The van der Waals surface area contributed by atoms with Crippen LogP contribution in [0.15, 0.2) is 84.9 Å². The van der Waals surface area contributed by atoms with Crippen LogP contribution in [0.2, 0.25) is 5.02 Å². The molecule has 1 amide bonds. The number of hydrogen-bond acceptors (Lipinski definition) is 2. The lowest BCUT2D eigenvalue weighted by molar-refractivity contribution is 0.0951. The molecule has 0 spiro atoms. The molecule has 0 saturated carbocycles. The first-order valence-electron chi connectivity index (χ1n) is 12.0. The number of carbonyl (C=O) groups excluding carboxylic acids is 1. The Kier molecular flexibility index (Phi) is 6.94. The van der Waals surface area contributed by atoms with Crippen molar-refractivity contribution >= 4 is 28.3 Å². The quantitative estimate of drug-likeness (QED) is 0.328. The summed E-state index contributed by atoms with van der Waals surface area (Å²) in [7, 11) is 0. The van der Waals surface area contributed by atoms with E-state index in [4.69, 9.17) is 11.6 Å². The summed E-state index contributed by atoms with van der Waals surface area (Å²) in [6, 6.07) is 28.5. The van der Waals surface area contributed by atoms with Crippen molar-refractivity contribution in [3.8, 4) is 11.1 Å². The molecule has 3 nitrogen and oxygen atoms in total. The lowest BCUT2D eigenvalue weighted by Crippen LogP contribution is -2.29. The smallest absolute Gasteiger partial charge is 0.251 e. The molecule has 0 atom stereocenters. The van der Waals surface area contributed by atoms with E-state index in [0.29, 0.717) is 17.1 Å². The van der Waals surface area contributed by atoms with E-state index in [1.807, 2.05) is 48.5 Å². The third-order valence-electron chi connectivity index (χ3n) is 6.65. The maximum Gasteiger partial charge on any atom is 0.251 e. The molecule has 34 heavy (non-hydrogen) atoms. The average molecular weight is 469 g/mol. The van der Waals surface area contributed by atoms with Crippen LogP contribution in [-0.2, 0) is 13.1 Å². The lowest BCUT2D eigenvalue weighted by atomic mass is 10.0. The topological polar surface area (TPSA) is 32.3 Å². The van der Waals surface area contributed by atoms with Crippen molar-refractivity contribution in [1.82, 2.24) is 10.2 Å². The highest BCUT2D eigenvalue weighted by molar-refractivity contribution is 6.30. The first-order chi connectivity index (χ1) is 16.7. The molecular formula is C30H29ClN2O. The van der Waals surface area contributed by atoms with Gasteiger partial charge in [-0.25, -0.2) is 0 Å². The molecule has 0 aliphatic carbocycles. The van der Waals surface area contributed by atoms with Crippen molar-refractivity contribution in [3.63, 3.8) is 0 Å². The Hall–Kier alpha value is -3.14. The second-order valence-electron chi connectivity index (χ2n) is 9.08. The first kappa shape index (κ1) is 22.6. The van der Waals surface area contributed by atoms with E-state index in [2.05, 4.69) is 46.6 Å². The summed E-state index contributed by atoms with van der Waals surface area (Å²) < 4.78 is 0. The number of fused-ring (bicyclic) bond motifs is 1. The van der Waals surface area contributed by atoms with Crippen LogP contribution < -0.4 is 5.32 Å². The molecule has 1 aliphatic rings. The van der Waals surface area contributed by atoms with Gasteiger partial charge in [0.1, 0.15) is 0 Å². The second-order valence-corrected chi connectivity index (χ2v) is 9.51. The standard InChI is InChI=1S/C30H29ClN2O/c31-28-14-12-24(13-15-28)23-8-10-25(11-9-23)30(34)32-20-27-6-4-5-26-19-22(7-16-29(26)27)21-33-17-2-1-3-18-33/h4-16,19H,1-3,17-18,20-21H2,(H,32,34). The van der Waals surface area contributed by atoms with Crippen molar-refractivity contribution in [2.24, 2.45) is 0 Å². The molecule has 0 radical (unpaired) electrons. The molecule has 0 aromatic heterocycles. The second kappa shape index (κ2) is 10.4. The van der Waals surface area contributed by atoms with Crippen molar-refractivity contribution in [2.45, 2.75) is 32.4 Å². The Morgan fingerprint density at radius 3 is 2.26 bits per heavy atom. The molecule has 1 fully saturated rings. The van der Waals surface area contributed by atoms with E-state index in [-0.39, 0.29) is 5.91 Å². The van der Waals surface area contributed by atoms with Gasteiger partial charge in [0.05, 0.1) is 0 Å². The van der Waals surface area contributed by atoms with E-state index in [9.17, 15) is 4.79 Å². The fraction of sp³-hybridized carbons (Fsp3) is 0.233. The Labute approximate surface area is 206 Å². The summed E-state index contributed by atoms with van der Waals surface area (Å²) >= 11 is 5.98. The summed E-state index contributed by atoms with van der Waals surface area (Å²) in [5.74, 6) is -0.0682. The third-order valence-corrected chi connectivity index (χ3v) is 6.91. The zero-order valence-electron chi connectivity index (χ0n) is 19.3. The Bertz CT molecular complexity index is 1280. The van der Waals surface area contributed by atoms with E-state index >= 15 is 0 Å². The molecule has 5 rings (SSSR count). The average Bonchev–Trinajstić information content (AvgIpc) is 2.88. The van der Waals surface area contributed by atoms with Crippen molar-refractivity contribution in [2.75, 3.05) is 13.1 Å². The minimum atomic E-state index is -0.0682. The summed E-state index contributed by atoms with van der Waals surface area (Å²) in [4.78, 5) is 15.3. The van der Waals surface area contributed by atoms with E-state index in [1.165, 1.54) is 48.7 Å². The predicted octanol–water partition coefficient (Wildman–Crippen LogP) is 7.08. The van der Waals surface area contributed by atoms with Crippen LogP contribution in [0.3, 0.4) is 0 Å². The van der Waals surface area contributed by atoms with Gasteiger partial charge in [0, 0.05) is 23.7 Å². The Balaban J connectivity index is 1.25. The number of halogens is 1. The van der Waals surface area contributed by atoms with Crippen LogP contribution in [0.25, 0.3) is 21.9 Å². The maximum absolute atomic E-state index is 12.8. The van der Waals surface area contributed by atoms with E-state index < -0.39 is 0 Å². The predicted molar refractivity (Wildman–Crippen MR) is 141 cm³/mol. The van der Waals surface area contributed by atoms with Gasteiger partial charge in [-0.1, -0.05) is 72.6 Å². The van der Waals surface area contributed by atoms with Gasteiger partial charge in [-0.15, -0.1) is 0 Å². The fourth-order valence-corrected chi connectivity index (χ4v) is 4.89. The molecular weight excluding hydrogens is 440 g/mol. The van der Waals surface area contributed by atoms with Crippen LogP contribution in [0.1, 0.15) is 40.7 Å². The summed E-state index contributed by atoms with van der Waals surface area (Å²) in [6.45, 7) is 3.92. The number of carbonyl (C=O) groups is 1. The highest BCUT2D eigenvalue weighted by Gasteiger charge is 2.12. The minimum Gasteiger partial charge on any atom is -0.348 e. The molecule has 4 aromatic carbocycles. The number of hydrogen-bond donors (Lipinski definition) is 1. The van der Waals surface area contributed by atoms with Crippen molar-refractivity contribution in [3.05, 3.63) is 107 Å². The Morgan fingerprint density at radius 1 is 0.824 bits per heavy atom. The van der Waals surface area contributed by atoms with Gasteiger partial charge in [-0.2, -0.15) is 0 Å². The normalized spacial score (nSPS) is 14.3. The number of rotatable bonds is 6. The number of amides is 1. The summed E-state index contributed by atoms with van der Waals surface area (Å²) in [5, 5.41) is 6.23. The van der Waals surface area contributed by atoms with Crippen molar-refractivity contribution < 1.29 is 4.79 Å². The highest BCUT2D eigenvalue weighted by Crippen LogP contribution is 2.24. The Morgan fingerprint density at radius 2 is 1.53 bits per heavy atom. The number of nitrogens with zero attached hydrogens (tertiary/aromatic N) is 1. The number of likely N-dealkylation sites (tertiary alicyclic amines) is 1. The van der Waals surface area contributed by atoms with Crippen LogP contribution in [-0.4, -0.2) is 23.9 Å². The van der Waals surface area contributed by atoms with E-state index in [0.717, 1.165) is 23.2 Å². The van der Waals surface area contributed by atoms with Gasteiger partial charge in [0.2, 0.25) is 0 Å². The molecule has 172 valence electrons. The molecule has 0 bridgehead atoms. The zero-order chi connectivity index (χ0) is 23.3. The van der Waals surface area contributed by atoms with Crippen LogP contribution in [0.5, 0.6) is 0 Å². The zero-order valence-corrected chi connectivity index (χ0v) is 20.0. The first-order valence-corrected chi connectivity index (χ1v) is 12.4. The molecule has 4 aromatic rings. The molecule has 1 heterocycles. The van der Waals surface area contributed by atoms with Crippen LogP contribution in [0.4, 0.5) is 0 Å². The van der Waals surface area contributed by atoms with Gasteiger partial charge < -0.3 is 5.32 Å². The molecule has 1 saturated heterocycles. The highest BCUT2D eigenvalue weighted by atomic mass is 35.5. The van der Waals surface area contributed by atoms with Gasteiger partial charge in [0.15, 0.2) is 0 Å². The monoisotopic (exact) mass is 468 g/mol. The summed E-state index contributed by atoms with van der Waals surface area (Å²) in [5.41, 5.74) is 5.28. The van der Waals surface area contributed by atoms with Gasteiger partial charge in [0.25, 0.3) is 5.91 Å². The third kappa shape index (κ3) is 5.32. The number of nitrogens with one attached hydrogen (secondary N) is 1. The van der Waals surface area contributed by atoms with E-state index in [1.54, 1.807) is 0 Å². The largest absolute Gasteiger partial charge is 0.348 e. The lowest BCUT2D eigenvalue weighted by Gasteiger charge is -2.26. The molecule has 0 unspecified atom stereocenters. The summed E-state index contributed by atoms with van der Waals surface area (Å²) in [6.07, 6.45) is 3.97. The minimum absolute atomic E-state index is 0.0682. The molecule has 1 N–H and O–H groups in total. The maximum atomic E-state index is 12.8. The molecule has 4 heteroatoms. The van der Waals surface area contributed by atoms with Gasteiger partial charge in [-0.3, -0.25) is 9.69 Å². The SMILES string of the molecule is O=C(NCc1cccc2cc(CN3CCCCC3)ccc12)c1ccc(-c2ccc(Cl)cc2)cc1. The van der Waals surface area contributed by atoms with Gasteiger partial charge in [-0.05, 0) is 89.3 Å². The van der Waals surface area contributed by atoms with Crippen LogP contribution in [0, 0.1) is 0 Å². The fourth-order valence-electron chi connectivity index (χ4n) is 4.76. The number of piperidine rings is 1. The van der Waals surface area contributed by atoms with Crippen LogP contribution >= 0.6 is 11.6 Å². The molecule has 1 aliphatic heterocycles. The van der Waals surface area contributed by atoms with Gasteiger partial charge >= 0.3 is 0 Å².